The van der Waals surface area contributed by atoms with Crippen LogP contribution in [0.3, 0.4) is 0 Å². The van der Waals surface area contributed by atoms with Crippen molar-refractivity contribution >= 4 is 17.6 Å². The van der Waals surface area contributed by atoms with Crippen LogP contribution in [-0.4, -0.2) is 27.5 Å². The van der Waals surface area contributed by atoms with E-state index in [1.807, 2.05) is 11.8 Å². The van der Waals surface area contributed by atoms with Crippen LogP contribution in [0.4, 0.5) is 5.82 Å². The van der Waals surface area contributed by atoms with E-state index in [4.69, 9.17) is 0 Å². The van der Waals surface area contributed by atoms with Crippen molar-refractivity contribution in [3.05, 3.63) is 18.6 Å². The van der Waals surface area contributed by atoms with Crippen molar-refractivity contribution in [3.8, 4) is 0 Å². The minimum absolute atomic E-state index is 0.595. The zero-order valence-corrected chi connectivity index (χ0v) is 8.26. The number of thioether (sulfide) groups is 1. The second-order valence-electron chi connectivity index (χ2n) is 3.12. The summed E-state index contributed by atoms with van der Waals surface area (Å²) in [6.07, 6.45) is 7.67. The molecule has 0 spiro atoms. The fourth-order valence-electron chi connectivity index (χ4n) is 1.42. The van der Waals surface area contributed by atoms with Crippen LogP contribution in [0.25, 0.3) is 0 Å². The van der Waals surface area contributed by atoms with Crippen molar-refractivity contribution in [1.29, 1.82) is 0 Å². The van der Waals surface area contributed by atoms with Gasteiger partial charge in [0.1, 0.15) is 5.82 Å². The molecule has 1 aromatic heterocycles. The fraction of sp³-hybridized carbons (Fsp3) is 0.556. The highest BCUT2D eigenvalue weighted by Gasteiger charge is 2.13. The highest BCUT2D eigenvalue weighted by molar-refractivity contribution is 7.99. The summed E-state index contributed by atoms with van der Waals surface area (Å²) in [5.41, 5.74) is 0. The zero-order valence-electron chi connectivity index (χ0n) is 7.44. The summed E-state index contributed by atoms with van der Waals surface area (Å²) in [5, 5.41) is 3.39. The third kappa shape index (κ3) is 2.59. The second kappa shape index (κ2) is 4.46. The van der Waals surface area contributed by atoms with E-state index >= 15 is 0 Å². The molecule has 3 nitrogen and oxygen atoms in total. The molecule has 2 heterocycles. The number of hydrogen-bond donors (Lipinski definition) is 1. The Kier molecular flexibility index (Phi) is 3.02. The lowest BCUT2D eigenvalue weighted by Gasteiger charge is -2.22. The van der Waals surface area contributed by atoms with E-state index in [0.717, 1.165) is 5.82 Å². The molecule has 0 bridgehead atoms. The molecule has 70 valence electrons. The molecule has 1 N–H and O–H groups in total. The highest BCUT2D eigenvalue weighted by Crippen LogP contribution is 2.19. The molecule has 0 saturated carbocycles. The normalized spacial score (nSPS) is 18.5. The predicted molar refractivity (Wildman–Crippen MR) is 56.0 cm³/mol. The van der Waals surface area contributed by atoms with Crippen LogP contribution < -0.4 is 5.32 Å². The summed E-state index contributed by atoms with van der Waals surface area (Å²) >= 11 is 2.03. The van der Waals surface area contributed by atoms with Crippen LogP contribution in [0, 0.1) is 0 Å². The molecule has 0 unspecified atom stereocenters. The Morgan fingerprint density at radius 3 is 2.85 bits per heavy atom. The zero-order chi connectivity index (χ0) is 8.93. The molecule has 13 heavy (non-hydrogen) atoms. The Morgan fingerprint density at radius 1 is 1.31 bits per heavy atom. The monoisotopic (exact) mass is 195 g/mol. The molecule has 1 aromatic rings. The second-order valence-corrected chi connectivity index (χ2v) is 4.35. The number of hydrogen-bond acceptors (Lipinski definition) is 4. The van der Waals surface area contributed by atoms with Gasteiger partial charge in [0, 0.05) is 18.4 Å². The van der Waals surface area contributed by atoms with Crippen molar-refractivity contribution in [1.82, 2.24) is 9.97 Å². The van der Waals surface area contributed by atoms with Gasteiger partial charge in [-0.15, -0.1) is 0 Å². The van der Waals surface area contributed by atoms with Gasteiger partial charge in [-0.1, -0.05) is 0 Å². The Balaban J connectivity index is 1.90. The van der Waals surface area contributed by atoms with Gasteiger partial charge < -0.3 is 5.32 Å². The molecule has 0 atom stereocenters. The van der Waals surface area contributed by atoms with Gasteiger partial charge in [-0.05, 0) is 24.3 Å². The van der Waals surface area contributed by atoms with Crippen LogP contribution >= 0.6 is 11.8 Å². The first-order chi connectivity index (χ1) is 6.45. The molecule has 0 amide bonds. The topological polar surface area (TPSA) is 37.8 Å². The molecule has 2 rings (SSSR count). The maximum absolute atomic E-state index is 4.19. The molecular weight excluding hydrogens is 182 g/mol. The molecule has 1 aliphatic heterocycles. The van der Waals surface area contributed by atoms with Crippen molar-refractivity contribution in [2.75, 3.05) is 16.8 Å². The number of nitrogens with one attached hydrogen (secondary N) is 1. The van der Waals surface area contributed by atoms with E-state index in [-0.39, 0.29) is 0 Å². The Hall–Kier alpha value is -0.770. The van der Waals surface area contributed by atoms with Crippen LogP contribution in [0.1, 0.15) is 12.8 Å². The summed E-state index contributed by atoms with van der Waals surface area (Å²) in [4.78, 5) is 8.21. The van der Waals surface area contributed by atoms with Gasteiger partial charge in [0.15, 0.2) is 0 Å². The first-order valence-corrected chi connectivity index (χ1v) is 5.71. The maximum atomic E-state index is 4.19. The van der Waals surface area contributed by atoms with E-state index in [2.05, 4.69) is 15.3 Å². The molecular formula is C9H13N3S. The molecule has 1 saturated heterocycles. The Morgan fingerprint density at radius 2 is 2.15 bits per heavy atom. The van der Waals surface area contributed by atoms with E-state index in [1.165, 1.54) is 24.3 Å². The number of anilines is 1. The summed E-state index contributed by atoms with van der Waals surface area (Å²) in [6.45, 7) is 0. The van der Waals surface area contributed by atoms with Crippen LogP contribution in [-0.2, 0) is 0 Å². The first kappa shape index (κ1) is 8.81. The summed E-state index contributed by atoms with van der Waals surface area (Å²) < 4.78 is 0. The molecule has 4 heteroatoms. The van der Waals surface area contributed by atoms with Gasteiger partial charge in [0.05, 0.1) is 6.20 Å². The van der Waals surface area contributed by atoms with Crippen LogP contribution in [0.5, 0.6) is 0 Å². The smallest absolute Gasteiger partial charge is 0.144 e. The molecule has 1 fully saturated rings. The molecule has 0 radical (unpaired) electrons. The number of rotatable bonds is 2. The quantitative estimate of drug-likeness (QED) is 0.780. The van der Waals surface area contributed by atoms with Gasteiger partial charge in [-0.2, -0.15) is 11.8 Å². The lowest BCUT2D eigenvalue weighted by atomic mass is 10.1. The SMILES string of the molecule is c1cnc(NC2CCSCC2)cn1. The van der Waals surface area contributed by atoms with Crippen LogP contribution in [0.15, 0.2) is 18.6 Å². The van der Waals surface area contributed by atoms with E-state index in [9.17, 15) is 0 Å². The van der Waals surface area contributed by atoms with Crippen LogP contribution in [0.2, 0.25) is 0 Å². The van der Waals surface area contributed by atoms with Crippen molar-refractivity contribution in [2.45, 2.75) is 18.9 Å². The molecule has 1 aliphatic rings. The van der Waals surface area contributed by atoms with E-state index in [0.29, 0.717) is 6.04 Å². The third-order valence-corrected chi connectivity index (χ3v) is 3.19. The highest BCUT2D eigenvalue weighted by atomic mass is 32.2. The molecule has 0 aromatic carbocycles. The van der Waals surface area contributed by atoms with Crippen molar-refractivity contribution in [2.24, 2.45) is 0 Å². The van der Waals surface area contributed by atoms with Gasteiger partial charge in [-0.25, -0.2) is 4.98 Å². The minimum Gasteiger partial charge on any atom is -0.366 e. The predicted octanol–water partition coefficient (Wildman–Crippen LogP) is 1.78. The summed E-state index contributed by atoms with van der Waals surface area (Å²) in [6, 6.07) is 0.595. The van der Waals surface area contributed by atoms with Crippen molar-refractivity contribution < 1.29 is 0 Å². The summed E-state index contributed by atoms with van der Waals surface area (Å²) in [5.74, 6) is 3.43. The fourth-order valence-corrected chi connectivity index (χ4v) is 2.53. The van der Waals surface area contributed by atoms with E-state index < -0.39 is 0 Å². The Bertz CT molecular complexity index is 246. The standard InChI is InChI=1S/C9H13N3S/c1-5-13-6-2-8(1)12-9-7-10-3-4-11-9/h3-4,7-8H,1-2,5-6H2,(H,11,12). The maximum Gasteiger partial charge on any atom is 0.144 e. The third-order valence-electron chi connectivity index (χ3n) is 2.14. The Labute approximate surface area is 82.4 Å². The van der Waals surface area contributed by atoms with Gasteiger partial charge in [0.2, 0.25) is 0 Å². The lowest BCUT2D eigenvalue weighted by molar-refractivity contribution is 0.663. The first-order valence-electron chi connectivity index (χ1n) is 4.55. The average molecular weight is 195 g/mol. The van der Waals surface area contributed by atoms with Crippen molar-refractivity contribution in [3.63, 3.8) is 0 Å². The lowest BCUT2D eigenvalue weighted by Crippen LogP contribution is -2.24. The largest absolute Gasteiger partial charge is 0.366 e. The average Bonchev–Trinajstić information content (AvgIpc) is 2.21. The van der Waals surface area contributed by atoms with Gasteiger partial charge in [0.25, 0.3) is 0 Å². The van der Waals surface area contributed by atoms with E-state index in [1.54, 1.807) is 18.6 Å². The van der Waals surface area contributed by atoms with Gasteiger partial charge in [-0.3, -0.25) is 4.98 Å². The summed E-state index contributed by atoms with van der Waals surface area (Å²) in [7, 11) is 0. The number of nitrogens with zero attached hydrogens (tertiary/aromatic N) is 2. The minimum atomic E-state index is 0.595. The molecule has 0 aliphatic carbocycles. The van der Waals surface area contributed by atoms with Gasteiger partial charge >= 0.3 is 0 Å². The number of aromatic nitrogens is 2.